The molecule has 0 aliphatic rings. The molecule has 1 aromatic carbocycles. The Kier molecular flexibility index (Phi) is 5.09. The number of aliphatic carboxylic acids is 1. The summed E-state index contributed by atoms with van der Waals surface area (Å²) < 4.78 is 5.17. The number of aromatic nitrogens is 1. The third-order valence-corrected chi connectivity index (χ3v) is 2.97. The van der Waals surface area contributed by atoms with Crippen molar-refractivity contribution >= 4 is 11.9 Å². The molecule has 0 unspecified atom stereocenters. The molecule has 0 saturated heterocycles. The van der Waals surface area contributed by atoms with Gasteiger partial charge in [0.1, 0.15) is 0 Å². The normalized spacial score (nSPS) is 10.3. The number of unbranched alkanes of at least 4 members (excludes halogenated alkanes) is 1. The molecule has 0 fully saturated rings. The van der Waals surface area contributed by atoms with Crippen molar-refractivity contribution in [1.82, 2.24) is 10.3 Å². The summed E-state index contributed by atoms with van der Waals surface area (Å²) in [5.74, 6) is -0.339. The van der Waals surface area contributed by atoms with Gasteiger partial charge in [-0.2, -0.15) is 0 Å². The number of oxazole rings is 1. The topological polar surface area (TPSA) is 92.4 Å². The van der Waals surface area contributed by atoms with E-state index < -0.39 is 5.97 Å². The van der Waals surface area contributed by atoms with E-state index in [0.29, 0.717) is 30.7 Å². The number of amides is 1. The zero-order chi connectivity index (χ0) is 15.1. The summed E-state index contributed by atoms with van der Waals surface area (Å²) in [5.41, 5.74) is 1.40. The first-order chi connectivity index (χ1) is 10.2. The highest BCUT2D eigenvalue weighted by atomic mass is 16.4. The summed E-state index contributed by atoms with van der Waals surface area (Å²) in [6.07, 6.45) is 4.29. The molecule has 0 spiro atoms. The minimum absolute atomic E-state index is 0.127. The Bertz CT molecular complexity index is 591. The molecule has 2 N–H and O–H groups in total. The van der Waals surface area contributed by atoms with Gasteiger partial charge in [0.25, 0.3) is 5.91 Å². The van der Waals surface area contributed by atoms with Crippen molar-refractivity contribution in [3.63, 3.8) is 0 Å². The number of carboxylic acids is 1. The number of benzene rings is 1. The maximum absolute atomic E-state index is 11.9. The number of nitrogens with one attached hydrogen (secondary N) is 1. The van der Waals surface area contributed by atoms with E-state index in [0.717, 1.165) is 5.56 Å². The second-order valence-corrected chi connectivity index (χ2v) is 4.55. The van der Waals surface area contributed by atoms with Gasteiger partial charge in [-0.3, -0.25) is 9.59 Å². The van der Waals surface area contributed by atoms with Crippen LogP contribution in [-0.4, -0.2) is 28.5 Å². The predicted octanol–water partition coefficient (Wildman–Crippen LogP) is 2.33. The first-order valence-electron chi connectivity index (χ1n) is 6.66. The van der Waals surface area contributed by atoms with Crippen molar-refractivity contribution in [3.8, 4) is 11.3 Å². The van der Waals surface area contributed by atoms with Crippen LogP contribution in [0.3, 0.4) is 0 Å². The third kappa shape index (κ3) is 4.45. The van der Waals surface area contributed by atoms with Crippen molar-refractivity contribution < 1.29 is 19.1 Å². The van der Waals surface area contributed by atoms with Crippen LogP contribution in [-0.2, 0) is 4.79 Å². The minimum atomic E-state index is -0.815. The van der Waals surface area contributed by atoms with E-state index >= 15 is 0 Å². The number of rotatable bonds is 7. The summed E-state index contributed by atoms with van der Waals surface area (Å²) in [5, 5.41) is 11.3. The number of hydrogen-bond donors (Lipinski definition) is 2. The number of carbonyl (C=O) groups excluding carboxylic acids is 1. The Hall–Kier alpha value is -2.63. The summed E-state index contributed by atoms with van der Waals surface area (Å²) in [4.78, 5) is 26.1. The van der Waals surface area contributed by atoms with Gasteiger partial charge in [-0.05, 0) is 25.0 Å². The van der Waals surface area contributed by atoms with Gasteiger partial charge in [-0.15, -0.1) is 0 Å². The average molecular weight is 288 g/mol. The molecule has 6 nitrogen and oxygen atoms in total. The van der Waals surface area contributed by atoms with E-state index in [1.807, 2.05) is 0 Å². The second-order valence-electron chi connectivity index (χ2n) is 4.55. The maximum atomic E-state index is 11.9. The quantitative estimate of drug-likeness (QED) is 0.763. The van der Waals surface area contributed by atoms with Crippen molar-refractivity contribution in [2.24, 2.45) is 0 Å². The lowest BCUT2D eigenvalue weighted by Crippen LogP contribution is -2.24. The second kappa shape index (κ2) is 7.23. The molecule has 1 heterocycles. The molecule has 2 rings (SSSR count). The smallest absolute Gasteiger partial charge is 0.303 e. The third-order valence-electron chi connectivity index (χ3n) is 2.97. The van der Waals surface area contributed by atoms with Gasteiger partial charge in [0, 0.05) is 24.1 Å². The van der Waals surface area contributed by atoms with E-state index in [1.165, 1.54) is 6.39 Å². The molecule has 0 bridgehead atoms. The number of nitrogens with zero attached hydrogens (tertiary/aromatic N) is 1. The van der Waals surface area contributed by atoms with Crippen molar-refractivity contribution in [2.75, 3.05) is 6.54 Å². The van der Waals surface area contributed by atoms with Crippen molar-refractivity contribution in [1.29, 1.82) is 0 Å². The average Bonchev–Trinajstić information content (AvgIpc) is 3.01. The standard InChI is InChI=1S/C15H16N2O4/c18-14(19)3-1-2-8-17-15(20)12-6-4-11(5-7-12)13-9-16-10-21-13/h4-7,9-10H,1-3,8H2,(H,17,20)(H,18,19). The number of carbonyl (C=O) groups is 2. The molecule has 0 aliphatic heterocycles. The molecule has 0 radical (unpaired) electrons. The molecule has 21 heavy (non-hydrogen) atoms. The molecule has 110 valence electrons. The minimum Gasteiger partial charge on any atom is -0.481 e. The van der Waals surface area contributed by atoms with E-state index in [2.05, 4.69) is 10.3 Å². The highest BCUT2D eigenvalue weighted by molar-refractivity contribution is 5.94. The first-order valence-corrected chi connectivity index (χ1v) is 6.66. The van der Waals surface area contributed by atoms with Gasteiger partial charge >= 0.3 is 5.97 Å². The zero-order valence-corrected chi connectivity index (χ0v) is 11.4. The van der Waals surface area contributed by atoms with Crippen LogP contribution >= 0.6 is 0 Å². The molecular weight excluding hydrogens is 272 g/mol. The molecule has 2 aromatic rings. The maximum Gasteiger partial charge on any atom is 0.303 e. The Labute approximate surface area is 121 Å². The van der Waals surface area contributed by atoms with Crippen LogP contribution in [0, 0.1) is 0 Å². The highest BCUT2D eigenvalue weighted by Crippen LogP contribution is 2.18. The van der Waals surface area contributed by atoms with Crippen LogP contribution < -0.4 is 5.32 Å². The Morgan fingerprint density at radius 3 is 2.57 bits per heavy atom. The van der Waals surface area contributed by atoms with E-state index in [1.54, 1.807) is 30.5 Å². The fraction of sp³-hybridized carbons (Fsp3) is 0.267. The van der Waals surface area contributed by atoms with Gasteiger partial charge in [0.15, 0.2) is 12.2 Å². The predicted molar refractivity (Wildman–Crippen MR) is 75.8 cm³/mol. The summed E-state index contributed by atoms with van der Waals surface area (Å²) in [6.45, 7) is 0.468. The molecular formula is C15H16N2O4. The molecule has 0 atom stereocenters. The molecule has 0 saturated carbocycles. The Morgan fingerprint density at radius 2 is 1.95 bits per heavy atom. The number of carboxylic acid groups (broad SMARTS) is 1. The fourth-order valence-corrected chi connectivity index (χ4v) is 1.85. The highest BCUT2D eigenvalue weighted by Gasteiger charge is 2.07. The monoisotopic (exact) mass is 288 g/mol. The zero-order valence-electron chi connectivity index (χ0n) is 11.4. The van der Waals surface area contributed by atoms with Gasteiger partial charge in [-0.1, -0.05) is 12.1 Å². The largest absolute Gasteiger partial charge is 0.481 e. The van der Waals surface area contributed by atoms with E-state index in [-0.39, 0.29) is 12.3 Å². The Morgan fingerprint density at radius 1 is 1.19 bits per heavy atom. The van der Waals surface area contributed by atoms with Crippen LogP contribution in [0.1, 0.15) is 29.6 Å². The summed E-state index contributed by atoms with van der Waals surface area (Å²) >= 11 is 0. The van der Waals surface area contributed by atoms with Gasteiger partial charge in [-0.25, -0.2) is 4.98 Å². The van der Waals surface area contributed by atoms with Crippen molar-refractivity contribution in [2.45, 2.75) is 19.3 Å². The molecule has 0 aliphatic carbocycles. The summed E-state index contributed by atoms with van der Waals surface area (Å²) in [6, 6.07) is 7.01. The SMILES string of the molecule is O=C(O)CCCCNC(=O)c1ccc(-c2cnco2)cc1. The number of hydrogen-bond acceptors (Lipinski definition) is 4. The fourth-order valence-electron chi connectivity index (χ4n) is 1.85. The molecule has 6 heteroatoms. The Balaban J connectivity index is 1.81. The van der Waals surface area contributed by atoms with Gasteiger partial charge in [0.2, 0.25) is 0 Å². The molecule has 1 aromatic heterocycles. The lowest BCUT2D eigenvalue weighted by molar-refractivity contribution is -0.137. The lowest BCUT2D eigenvalue weighted by Gasteiger charge is -2.05. The van der Waals surface area contributed by atoms with Crippen LogP contribution in [0.5, 0.6) is 0 Å². The van der Waals surface area contributed by atoms with Crippen molar-refractivity contribution in [3.05, 3.63) is 42.4 Å². The van der Waals surface area contributed by atoms with Gasteiger partial charge < -0.3 is 14.8 Å². The summed E-state index contributed by atoms with van der Waals surface area (Å²) in [7, 11) is 0. The van der Waals surface area contributed by atoms with E-state index in [9.17, 15) is 9.59 Å². The first kappa shape index (κ1) is 14.8. The van der Waals surface area contributed by atoms with Crippen LogP contribution in [0.4, 0.5) is 0 Å². The van der Waals surface area contributed by atoms with Crippen LogP contribution in [0.15, 0.2) is 41.3 Å². The van der Waals surface area contributed by atoms with E-state index in [4.69, 9.17) is 9.52 Å². The van der Waals surface area contributed by atoms with Crippen LogP contribution in [0.25, 0.3) is 11.3 Å². The van der Waals surface area contributed by atoms with Gasteiger partial charge in [0.05, 0.1) is 6.20 Å². The lowest BCUT2D eigenvalue weighted by atomic mass is 10.1. The molecule has 1 amide bonds. The van der Waals surface area contributed by atoms with Crippen LogP contribution in [0.2, 0.25) is 0 Å².